The van der Waals surface area contributed by atoms with Crippen LogP contribution in [0.2, 0.25) is 0 Å². The van der Waals surface area contributed by atoms with Gasteiger partial charge >= 0.3 is 0 Å². The SMILES string of the molecule is CCc1nn(C)cc1NC(=O)c1n[nH]c(C(C)C)c1N. The van der Waals surface area contributed by atoms with E-state index in [1.165, 1.54) is 0 Å². The standard InChI is InChI=1S/C13H20N6O/c1-5-8-9(6-19(4)18-8)15-13(20)12-10(14)11(7(2)3)16-17-12/h6-7H,5,14H2,1-4H3,(H,15,20)(H,16,17). The Balaban J connectivity index is 2.24. The highest BCUT2D eigenvalue weighted by molar-refractivity contribution is 6.06. The lowest BCUT2D eigenvalue weighted by atomic mass is 10.1. The summed E-state index contributed by atoms with van der Waals surface area (Å²) in [4.78, 5) is 12.2. The molecule has 20 heavy (non-hydrogen) atoms. The number of aromatic nitrogens is 4. The first kappa shape index (κ1) is 14.1. The molecule has 4 N–H and O–H groups in total. The monoisotopic (exact) mass is 276 g/mol. The van der Waals surface area contributed by atoms with E-state index in [0.29, 0.717) is 11.4 Å². The lowest BCUT2D eigenvalue weighted by Gasteiger charge is -2.04. The summed E-state index contributed by atoms with van der Waals surface area (Å²) >= 11 is 0. The molecule has 0 aliphatic rings. The van der Waals surface area contributed by atoms with Gasteiger partial charge in [0.2, 0.25) is 0 Å². The zero-order valence-electron chi connectivity index (χ0n) is 12.2. The summed E-state index contributed by atoms with van der Waals surface area (Å²) in [6.07, 6.45) is 2.51. The van der Waals surface area contributed by atoms with Crippen molar-refractivity contribution in [3.05, 3.63) is 23.3 Å². The van der Waals surface area contributed by atoms with Crippen molar-refractivity contribution in [3.63, 3.8) is 0 Å². The molecule has 108 valence electrons. The van der Waals surface area contributed by atoms with Crippen LogP contribution in [0, 0.1) is 0 Å². The van der Waals surface area contributed by atoms with Crippen molar-refractivity contribution in [2.75, 3.05) is 11.1 Å². The Morgan fingerprint density at radius 3 is 2.80 bits per heavy atom. The van der Waals surface area contributed by atoms with E-state index in [-0.39, 0.29) is 17.5 Å². The molecule has 0 unspecified atom stereocenters. The van der Waals surface area contributed by atoms with Gasteiger partial charge in [-0.3, -0.25) is 14.6 Å². The predicted molar refractivity (Wildman–Crippen MR) is 77.6 cm³/mol. The Kier molecular flexibility index (Phi) is 3.78. The minimum Gasteiger partial charge on any atom is -0.395 e. The van der Waals surface area contributed by atoms with Gasteiger partial charge in [-0.25, -0.2) is 0 Å². The lowest BCUT2D eigenvalue weighted by Crippen LogP contribution is -2.15. The Morgan fingerprint density at radius 1 is 1.55 bits per heavy atom. The molecular formula is C13H20N6O. The maximum atomic E-state index is 12.2. The van der Waals surface area contributed by atoms with Gasteiger partial charge < -0.3 is 11.1 Å². The average Bonchev–Trinajstić information content (AvgIpc) is 2.92. The van der Waals surface area contributed by atoms with Crippen LogP contribution in [-0.2, 0) is 13.5 Å². The Bertz CT molecular complexity index is 625. The molecule has 2 aromatic heterocycles. The van der Waals surface area contributed by atoms with Crippen molar-refractivity contribution in [1.29, 1.82) is 0 Å². The minimum atomic E-state index is -0.326. The Labute approximate surface area is 117 Å². The fourth-order valence-electron chi connectivity index (χ4n) is 2.06. The van der Waals surface area contributed by atoms with Crippen LogP contribution in [0.5, 0.6) is 0 Å². The summed E-state index contributed by atoms with van der Waals surface area (Å²) in [6, 6.07) is 0. The number of nitrogens with zero attached hydrogens (tertiary/aromatic N) is 3. The number of aromatic amines is 1. The molecule has 0 saturated carbocycles. The number of hydrogen-bond donors (Lipinski definition) is 3. The minimum absolute atomic E-state index is 0.189. The van der Waals surface area contributed by atoms with Crippen molar-refractivity contribution in [1.82, 2.24) is 20.0 Å². The number of anilines is 2. The maximum Gasteiger partial charge on any atom is 0.278 e. The van der Waals surface area contributed by atoms with Gasteiger partial charge in [0.15, 0.2) is 5.69 Å². The molecule has 0 saturated heterocycles. The van der Waals surface area contributed by atoms with Gasteiger partial charge in [0.25, 0.3) is 5.91 Å². The van der Waals surface area contributed by atoms with Crippen molar-refractivity contribution < 1.29 is 4.79 Å². The molecule has 0 aliphatic carbocycles. The second-order valence-corrected chi connectivity index (χ2v) is 5.03. The van der Waals surface area contributed by atoms with Gasteiger partial charge in [0.05, 0.1) is 22.8 Å². The van der Waals surface area contributed by atoms with Crippen LogP contribution >= 0.6 is 0 Å². The first-order valence-electron chi connectivity index (χ1n) is 6.61. The average molecular weight is 276 g/mol. The number of nitrogens with two attached hydrogens (primary N) is 1. The van der Waals surface area contributed by atoms with Gasteiger partial charge in [0.1, 0.15) is 0 Å². The highest BCUT2D eigenvalue weighted by Gasteiger charge is 2.20. The Morgan fingerprint density at radius 2 is 2.25 bits per heavy atom. The molecule has 2 aromatic rings. The third kappa shape index (κ3) is 2.52. The predicted octanol–water partition coefficient (Wildman–Crippen LogP) is 1.66. The molecule has 7 nitrogen and oxygen atoms in total. The summed E-state index contributed by atoms with van der Waals surface area (Å²) in [6.45, 7) is 5.96. The van der Waals surface area contributed by atoms with Crippen LogP contribution in [0.4, 0.5) is 11.4 Å². The van der Waals surface area contributed by atoms with Crippen molar-refractivity contribution >= 4 is 17.3 Å². The number of H-pyrrole nitrogens is 1. The lowest BCUT2D eigenvalue weighted by molar-refractivity contribution is 0.102. The van der Waals surface area contributed by atoms with E-state index in [1.54, 1.807) is 10.9 Å². The number of rotatable bonds is 4. The van der Waals surface area contributed by atoms with Crippen LogP contribution in [0.1, 0.15) is 48.6 Å². The third-order valence-electron chi connectivity index (χ3n) is 3.11. The number of hydrogen-bond acceptors (Lipinski definition) is 4. The van der Waals surface area contributed by atoms with Gasteiger partial charge in [-0.15, -0.1) is 0 Å². The van der Waals surface area contributed by atoms with Crippen molar-refractivity contribution in [3.8, 4) is 0 Å². The number of carbonyl (C=O) groups is 1. The summed E-state index contributed by atoms with van der Waals surface area (Å²) in [5.74, 6) is -0.137. The van der Waals surface area contributed by atoms with Crippen LogP contribution in [0.25, 0.3) is 0 Å². The summed E-state index contributed by atoms with van der Waals surface area (Å²) in [5.41, 5.74) is 8.88. The number of amides is 1. The maximum absolute atomic E-state index is 12.2. The van der Waals surface area contributed by atoms with Crippen LogP contribution in [0.3, 0.4) is 0 Å². The topological polar surface area (TPSA) is 102 Å². The molecule has 7 heteroatoms. The number of carbonyl (C=O) groups excluding carboxylic acids is 1. The molecular weight excluding hydrogens is 256 g/mol. The highest BCUT2D eigenvalue weighted by atomic mass is 16.2. The third-order valence-corrected chi connectivity index (χ3v) is 3.11. The van der Waals surface area contributed by atoms with E-state index in [9.17, 15) is 4.79 Å². The number of aryl methyl sites for hydroxylation is 2. The first-order chi connectivity index (χ1) is 9.43. The fraction of sp³-hybridized carbons (Fsp3) is 0.462. The molecule has 0 spiro atoms. The normalized spacial score (nSPS) is 11.1. The molecule has 0 atom stereocenters. The summed E-state index contributed by atoms with van der Waals surface area (Å²) < 4.78 is 1.67. The van der Waals surface area contributed by atoms with E-state index >= 15 is 0 Å². The molecule has 0 aromatic carbocycles. The molecule has 2 rings (SSSR count). The zero-order chi connectivity index (χ0) is 14.9. The van der Waals surface area contributed by atoms with E-state index < -0.39 is 0 Å². The van der Waals surface area contributed by atoms with Crippen LogP contribution in [0.15, 0.2) is 6.20 Å². The van der Waals surface area contributed by atoms with Crippen molar-refractivity contribution in [2.45, 2.75) is 33.1 Å². The fourth-order valence-corrected chi connectivity index (χ4v) is 2.06. The molecule has 0 bridgehead atoms. The molecule has 0 fully saturated rings. The van der Waals surface area contributed by atoms with Crippen molar-refractivity contribution in [2.24, 2.45) is 7.05 Å². The molecule has 2 heterocycles. The number of nitrogens with one attached hydrogen (secondary N) is 2. The highest BCUT2D eigenvalue weighted by Crippen LogP contribution is 2.23. The van der Waals surface area contributed by atoms with Gasteiger partial charge in [-0.1, -0.05) is 20.8 Å². The van der Waals surface area contributed by atoms with Crippen LogP contribution in [-0.4, -0.2) is 25.9 Å². The summed E-state index contributed by atoms with van der Waals surface area (Å²) in [5, 5.41) is 13.9. The molecule has 0 aliphatic heterocycles. The number of nitrogen functional groups attached to an aromatic ring is 1. The van der Waals surface area contributed by atoms with E-state index in [1.807, 2.05) is 27.8 Å². The molecule has 1 amide bonds. The molecule has 0 radical (unpaired) electrons. The van der Waals surface area contributed by atoms with Gasteiger partial charge in [0, 0.05) is 13.2 Å². The van der Waals surface area contributed by atoms with E-state index in [2.05, 4.69) is 20.6 Å². The Hall–Kier alpha value is -2.31. The second-order valence-electron chi connectivity index (χ2n) is 5.03. The van der Waals surface area contributed by atoms with Gasteiger partial charge in [-0.2, -0.15) is 10.2 Å². The quantitative estimate of drug-likeness (QED) is 0.790. The first-order valence-corrected chi connectivity index (χ1v) is 6.61. The van der Waals surface area contributed by atoms with E-state index in [0.717, 1.165) is 17.8 Å². The smallest absolute Gasteiger partial charge is 0.278 e. The van der Waals surface area contributed by atoms with Crippen LogP contribution < -0.4 is 11.1 Å². The zero-order valence-corrected chi connectivity index (χ0v) is 12.2. The second kappa shape index (κ2) is 5.36. The van der Waals surface area contributed by atoms with E-state index in [4.69, 9.17) is 5.73 Å². The largest absolute Gasteiger partial charge is 0.395 e. The van der Waals surface area contributed by atoms with Gasteiger partial charge in [-0.05, 0) is 12.3 Å². The summed E-state index contributed by atoms with van der Waals surface area (Å²) in [7, 11) is 1.81.